The summed E-state index contributed by atoms with van der Waals surface area (Å²) in [6.07, 6.45) is -1.94. The second-order valence-corrected chi connectivity index (χ2v) is 9.84. The van der Waals surface area contributed by atoms with Crippen LogP contribution in [0.1, 0.15) is 36.2 Å². The van der Waals surface area contributed by atoms with Gasteiger partial charge in [-0.1, -0.05) is 13.8 Å². The molecule has 0 aliphatic carbocycles. The zero-order valence-corrected chi connectivity index (χ0v) is 18.6. The molecule has 1 fully saturated rings. The molecule has 1 aromatic heterocycles. The zero-order chi connectivity index (χ0) is 23.0. The number of alkyl halides is 3. The minimum Gasteiger partial charge on any atom is -0.588 e. The molecule has 0 radical (unpaired) electrons. The maximum atomic E-state index is 13.2. The van der Waals surface area contributed by atoms with Crippen LogP contribution in [0.3, 0.4) is 0 Å². The summed E-state index contributed by atoms with van der Waals surface area (Å²) in [4.78, 5) is 19.4. The number of hydrogen-bond acceptors (Lipinski definition) is 5. The predicted molar refractivity (Wildman–Crippen MR) is 114 cm³/mol. The Morgan fingerprint density at radius 1 is 1.19 bits per heavy atom. The Kier molecular flexibility index (Phi) is 6.26. The number of piperidine rings is 1. The molecule has 0 saturated carbocycles. The summed E-state index contributed by atoms with van der Waals surface area (Å²) in [5.74, 6) is 0.901. The van der Waals surface area contributed by atoms with Gasteiger partial charge in [-0.15, -0.1) is 0 Å². The average molecular weight is 468 g/mol. The first-order valence-electron chi connectivity index (χ1n) is 10.4. The van der Waals surface area contributed by atoms with Crippen molar-refractivity contribution in [3.8, 4) is 5.88 Å². The number of halogens is 3. The second kappa shape index (κ2) is 8.82. The van der Waals surface area contributed by atoms with Gasteiger partial charge in [-0.05, 0) is 48.6 Å². The first-order valence-corrected chi connectivity index (χ1v) is 11.5. The smallest absolute Gasteiger partial charge is 0.416 e. The van der Waals surface area contributed by atoms with Gasteiger partial charge in [0.25, 0.3) is 5.91 Å². The van der Waals surface area contributed by atoms with E-state index in [0.29, 0.717) is 36.2 Å². The van der Waals surface area contributed by atoms with Crippen molar-refractivity contribution in [3.05, 3.63) is 47.7 Å². The summed E-state index contributed by atoms with van der Waals surface area (Å²) in [6.45, 7) is 6.03. The van der Waals surface area contributed by atoms with Gasteiger partial charge in [-0.3, -0.25) is 4.79 Å². The number of fused-ring (bicyclic) bond motifs is 1. The van der Waals surface area contributed by atoms with Gasteiger partial charge in [-0.25, -0.2) is 4.98 Å². The zero-order valence-electron chi connectivity index (χ0n) is 17.8. The minimum absolute atomic E-state index is 0.149. The summed E-state index contributed by atoms with van der Waals surface area (Å²) in [5.41, 5.74) is -0.0522. The van der Waals surface area contributed by atoms with E-state index in [1.807, 2.05) is 4.90 Å². The summed E-state index contributed by atoms with van der Waals surface area (Å²) in [5, 5.41) is 0. The number of likely N-dealkylation sites (tertiary alicyclic amines) is 1. The lowest BCUT2D eigenvalue weighted by Gasteiger charge is -2.35. The van der Waals surface area contributed by atoms with E-state index in [1.54, 1.807) is 6.07 Å². The van der Waals surface area contributed by atoms with Gasteiger partial charge in [-0.2, -0.15) is 17.5 Å². The Morgan fingerprint density at radius 2 is 1.84 bits per heavy atom. The van der Waals surface area contributed by atoms with E-state index < -0.39 is 23.1 Å². The molecule has 1 aromatic carbocycles. The molecule has 6 nitrogen and oxygen atoms in total. The number of anilines is 1. The molecule has 3 heterocycles. The first-order chi connectivity index (χ1) is 15.1. The first kappa shape index (κ1) is 22.7. The number of carbonyl (C=O) groups excluding carboxylic acids is 1. The highest BCUT2D eigenvalue weighted by molar-refractivity contribution is 7.92. The molecule has 2 aliphatic heterocycles. The van der Waals surface area contributed by atoms with Crippen LogP contribution in [0, 0.1) is 11.8 Å². The molecule has 32 heavy (non-hydrogen) atoms. The maximum Gasteiger partial charge on any atom is 0.416 e. The van der Waals surface area contributed by atoms with Crippen molar-refractivity contribution in [2.45, 2.75) is 31.3 Å². The van der Waals surface area contributed by atoms with Crippen LogP contribution in [-0.2, 0) is 17.5 Å². The van der Waals surface area contributed by atoms with Crippen LogP contribution in [0.15, 0.2) is 41.4 Å². The average Bonchev–Trinajstić information content (AvgIpc) is 2.76. The number of rotatable bonds is 3. The SMILES string of the molecule is CC1CC(C)CN(C(=O)c2cnc3c(c2)N([S+]([O-])c2ccc(C(F)(F)F)cc2)CCO3)C1. The fraction of sp³-hybridized carbons (Fsp3) is 0.455. The van der Waals surface area contributed by atoms with Gasteiger partial charge >= 0.3 is 6.18 Å². The number of benzene rings is 1. The third kappa shape index (κ3) is 4.66. The second-order valence-electron chi connectivity index (χ2n) is 8.43. The van der Waals surface area contributed by atoms with E-state index in [2.05, 4.69) is 18.8 Å². The summed E-state index contributed by atoms with van der Waals surface area (Å²) in [6, 6.07) is 5.83. The Labute approximate surface area is 187 Å². The lowest BCUT2D eigenvalue weighted by atomic mass is 9.91. The lowest BCUT2D eigenvalue weighted by Crippen LogP contribution is -2.43. The van der Waals surface area contributed by atoms with Crippen molar-refractivity contribution in [3.63, 3.8) is 0 Å². The molecule has 0 N–H and O–H groups in total. The molecule has 2 aromatic rings. The van der Waals surface area contributed by atoms with Crippen molar-refractivity contribution in [2.75, 3.05) is 30.5 Å². The standard InChI is InChI=1S/C22H24F3N3O3S/c1-14-9-15(2)13-27(12-14)21(29)16-10-19-20(26-11-16)31-8-7-28(19)32(30)18-5-3-17(4-6-18)22(23,24)25/h3-6,10-11,14-15H,7-9,12-13H2,1-2H3. The van der Waals surface area contributed by atoms with Gasteiger partial charge in [0, 0.05) is 19.3 Å². The van der Waals surface area contributed by atoms with Gasteiger partial charge in [0.05, 0.1) is 11.1 Å². The lowest BCUT2D eigenvalue weighted by molar-refractivity contribution is -0.137. The molecule has 10 heteroatoms. The van der Waals surface area contributed by atoms with E-state index in [9.17, 15) is 22.5 Å². The molecule has 2 aliphatic rings. The van der Waals surface area contributed by atoms with E-state index in [1.165, 1.54) is 22.6 Å². The van der Waals surface area contributed by atoms with Crippen LogP contribution in [-0.4, -0.2) is 46.6 Å². The molecule has 3 atom stereocenters. The Bertz CT molecular complexity index is 977. The van der Waals surface area contributed by atoms with Gasteiger partial charge in [0.15, 0.2) is 4.90 Å². The molecule has 0 bridgehead atoms. The van der Waals surface area contributed by atoms with Gasteiger partial charge in [0.2, 0.25) is 5.88 Å². The van der Waals surface area contributed by atoms with Crippen LogP contribution in [0.2, 0.25) is 0 Å². The highest BCUT2D eigenvalue weighted by Gasteiger charge is 2.34. The van der Waals surface area contributed by atoms with Gasteiger partial charge in [0.1, 0.15) is 30.2 Å². The highest BCUT2D eigenvalue weighted by Crippen LogP contribution is 2.36. The fourth-order valence-corrected chi connectivity index (χ4v) is 5.44. The maximum absolute atomic E-state index is 13.2. The minimum atomic E-state index is -4.46. The topological polar surface area (TPSA) is 68.7 Å². The molecule has 4 rings (SSSR count). The van der Waals surface area contributed by atoms with Crippen molar-refractivity contribution in [2.24, 2.45) is 11.8 Å². The van der Waals surface area contributed by atoms with Crippen LogP contribution in [0.5, 0.6) is 5.88 Å². The van der Waals surface area contributed by atoms with Crippen molar-refractivity contribution in [1.82, 2.24) is 9.88 Å². The number of aromatic nitrogens is 1. The number of nitrogens with zero attached hydrogens (tertiary/aromatic N) is 3. The van der Waals surface area contributed by atoms with E-state index in [0.717, 1.165) is 18.6 Å². The molecule has 3 unspecified atom stereocenters. The quantitative estimate of drug-likeness (QED) is 0.635. The molecule has 172 valence electrons. The Balaban J connectivity index is 1.59. The number of pyridine rings is 1. The van der Waals surface area contributed by atoms with Crippen LogP contribution >= 0.6 is 0 Å². The normalized spacial score (nSPS) is 22.2. The van der Waals surface area contributed by atoms with E-state index in [4.69, 9.17) is 4.74 Å². The van der Waals surface area contributed by atoms with E-state index in [-0.39, 0.29) is 29.8 Å². The van der Waals surface area contributed by atoms with E-state index >= 15 is 0 Å². The Hall–Kier alpha value is -2.46. The fourth-order valence-electron chi connectivity index (χ4n) is 4.26. The predicted octanol–water partition coefficient (Wildman–Crippen LogP) is 4.14. The summed E-state index contributed by atoms with van der Waals surface area (Å²) < 4.78 is 58.8. The summed E-state index contributed by atoms with van der Waals surface area (Å²) >= 11 is -1.78. The third-order valence-corrected chi connectivity index (χ3v) is 7.08. The van der Waals surface area contributed by atoms with Crippen LogP contribution in [0.4, 0.5) is 18.9 Å². The number of ether oxygens (including phenoxy) is 1. The molecule has 1 saturated heterocycles. The number of carbonyl (C=O) groups is 1. The molecular formula is C22H24F3N3O3S. The number of hydrogen-bond donors (Lipinski definition) is 0. The van der Waals surface area contributed by atoms with Crippen molar-refractivity contribution >= 4 is 23.0 Å². The number of amides is 1. The van der Waals surface area contributed by atoms with Crippen molar-refractivity contribution in [1.29, 1.82) is 0 Å². The van der Waals surface area contributed by atoms with Gasteiger partial charge < -0.3 is 14.2 Å². The molecule has 1 amide bonds. The molecule has 0 spiro atoms. The van der Waals surface area contributed by atoms with Crippen LogP contribution < -0.4 is 9.04 Å². The third-order valence-electron chi connectivity index (χ3n) is 5.62. The monoisotopic (exact) mass is 467 g/mol. The van der Waals surface area contributed by atoms with Crippen LogP contribution in [0.25, 0.3) is 0 Å². The summed E-state index contributed by atoms with van der Waals surface area (Å²) in [7, 11) is 0. The van der Waals surface area contributed by atoms with Crippen molar-refractivity contribution < 1.29 is 27.3 Å². The molecular weight excluding hydrogens is 443 g/mol. The largest absolute Gasteiger partial charge is 0.588 e. The Morgan fingerprint density at radius 3 is 2.47 bits per heavy atom. The highest BCUT2D eigenvalue weighted by atomic mass is 32.2.